The molecule has 1 amide bonds. The van der Waals surface area contributed by atoms with E-state index >= 15 is 0 Å². The molecule has 0 fully saturated rings. The Labute approximate surface area is 158 Å². The summed E-state index contributed by atoms with van der Waals surface area (Å²) in [6.45, 7) is 1.06. The SMILES string of the molecule is O=C1NCCn2c(-c3ccc(-c4cccc([N+](=O)[O-])c4)o3)nc3cccc1c32. The van der Waals surface area contributed by atoms with Gasteiger partial charge in [0.15, 0.2) is 11.6 Å². The lowest BCUT2D eigenvalue weighted by atomic mass is 10.1. The number of amides is 1. The summed E-state index contributed by atoms with van der Waals surface area (Å²) in [4.78, 5) is 27.5. The first-order valence-electron chi connectivity index (χ1n) is 8.74. The van der Waals surface area contributed by atoms with Crippen LogP contribution < -0.4 is 5.32 Å². The number of nitrogens with one attached hydrogen (secondary N) is 1. The number of rotatable bonds is 3. The van der Waals surface area contributed by atoms with Crippen molar-refractivity contribution in [3.8, 4) is 22.9 Å². The first kappa shape index (κ1) is 16.2. The molecular weight excluding hydrogens is 360 g/mol. The molecule has 0 atom stereocenters. The zero-order valence-electron chi connectivity index (χ0n) is 14.6. The highest BCUT2D eigenvalue weighted by atomic mass is 16.6. The highest BCUT2D eigenvalue weighted by molar-refractivity contribution is 6.06. The molecule has 0 saturated heterocycles. The van der Waals surface area contributed by atoms with Gasteiger partial charge in [0.1, 0.15) is 5.76 Å². The number of nitrogens with zero attached hydrogens (tertiary/aromatic N) is 3. The number of hydrogen-bond acceptors (Lipinski definition) is 5. The van der Waals surface area contributed by atoms with Crippen LogP contribution in [0.4, 0.5) is 5.69 Å². The van der Waals surface area contributed by atoms with Gasteiger partial charge in [0.05, 0.1) is 21.5 Å². The van der Waals surface area contributed by atoms with Crippen molar-refractivity contribution in [2.75, 3.05) is 6.54 Å². The largest absolute Gasteiger partial charge is 0.453 e. The van der Waals surface area contributed by atoms with Gasteiger partial charge in [-0.1, -0.05) is 18.2 Å². The summed E-state index contributed by atoms with van der Waals surface area (Å²) >= 11 is 0. The van der Waals surface area contributed by atoms with Gasteiger partial charge in [-0.15, -0.1) is 0 Å². The summed E-state index contributed by atoms with van der Waals surface area (Å²) < 4.78 is 7.95. The third-order valence-electron chi connectivity index (χ3n) is 4.80. The molecule has 0 aliphatic carbocycles. The fourth-order valence-corrected chi connectivity index (χ4v) is 3.54. The molecule has 138 valence electrons. The quantitative estimate of drug-likeness (QED) is 0.436. The Bertz CT molecular complexity index is 1250. The van der Waals surface area contributed by atoms with E-state index in [9.17, 15) is 14.9 Å². The van der Waals surface area contributed by atoms with Gasteiger partial charge in [-0.05, 0) is 24.3 Å². The Morgan fingerprint density at radius 2 is 1.93 bits per heavy atom. The second-order valence-electron chi connectivity index (χ2n) is 6.49. The van der Waals surface area contributed by atoms with E-state index in [1.54, 1.807) is 36.4 Å². The topological polar surface area (TPSA) is 103 Å². The Hall–Kier alpha value is -3.94. The van der Waals surface area contributed by atoms with Gasteiger partial charge in [0, 0.05) is 30.8 Å². The zero-order valence-corrected chi connectivity index (χ0v) is 14.6. The van der Waals surface area contributed by atoms with E-state index in [-0.39, 0.29) is 11.6 Å². The first-order valence-corrected chi connectivity index (χ1v) is 8.74. The average Bonchev–Trinajstić information content (AvgIpc) is 3.28. The molecule has 28 heavy (non-hydrogen) atoms. The molecule has 5 rings (SSSR count). The van der Waals surface area contributed by atoms with Crippen LogP contribution in [-0.2, 0) is 6.54 Å². The van der Waals surface area contributed by atoms with Gasteiger partial charge in [-0.2, -0.15) is 0 Å². The van der Waals surface area contributed by atoms with Crippen LogP contribution in [0.2, 0.25) is 0 Å². The van der Waals surface area contributed by atoms with Crippen LogP contribution in [0.25, 0.3) is 33.9 Å². The minimum absolute atomic E-state index is 0.00260. The van der Waals surface area contributed by atoms with Crippen LogP contribution in [0, 0.1) is 10.1 Å². The third-order valence-corrected chi connectivity index (χ3v) is 4.80. The standard InChI is InChI=1S/C20H14N4O4/c25-20-14-5-2-6-15-18(14)23(10-9-21-20)19(22-15)17-8-7-16(28-17)12-3-1-4-13(11-12)24(26)27/h1-8,11H,9-10H2,(H,21,25). The molecule has 0 saturated carbocycles. The predicted molar refractivity (Wildman–Crippen MR) is 102 cm³/mol. The van der Waals surface area contributed by atoms with Gasteiger partial charge in [-0.25, -0.2) is 4.98 Å². The summed E-state index contributed by atoms with van der Waals surface area (Å²) in [6.07, 6.45) is 0. The molecule has 0 radical (unpaired) electrons. The fourth-order valence-electron chi connectivity index (χ4n) is 3.54. The normalized spacial score (nSPS) is 13.4. The van der Waals surface area contributed by atoms with Crippen molar-refractivity contribution in [1.29, 1.82) is 0 Å². The van der Waals surface area contributed by atoms with Crippen molar-refractivity contribution in [3.63, 3.8) is 0 Å². The zero-order chi connectivity index (χ0) is 19.3. The molecule has 8 heteroatoms. The van der Waals surface area contributed by atoms with Crippen LogP contribution >= 0.6 is 0 Å². The van der Waals surface area contributed by atoms with Crippen LogP contribution in [0.5, 0.6) is 0 Å². The number of aromatic nitrogens is 2. The summed E-state index contributed by atoms with van der Waals surface area (Å²) in [5.74, 6) is 1.56. The third kappa shape index (κ3) is 2.46. The van der Waals surface area contributed by atoms with Crippen LogP contribution in [0.15, 0.2) is 59.0 Å². The van der Waals surface area contributed by atoms with E-state index in [1.165, 1.54) is 12.1 Å². The smallest absolute Gasteiger partial charge is 0.270 e. The number of nitro benzene ring substituents is 1. The van der Waals surface area contributed by atoms with Gasteiger partial charge in [-0.3, -0.25) is 14.9 Å². The molecular formula is C20H14N4O4. The van der Waals surface area contributed by atoms with Crippen molar-refractivity contribution in [2.24, 2.45) is 0 Å². The average molecular weight is 374 g/mol. The lowest BCUT2D eigenvalue weighted by Crippen LogP contribution is -2.24. The Kier molecular flexibility index (Phi) is 3.51. The van der Waals surface area contributed by atoms with Gasteiger partial charge >= 0.3 is 0 Å². The second-order valence-corrected chi connectivity index (χ2v) is 6.49. The van der Waals surface area contributed by atoms with Crippen molar-refractivity contribution in [1.82, 2.24) is 14.9 Å². The predicted octanol–water partition coefficient (Wildman–Crippen LogP) is 3.61. The Morgan fingerprint density at radius 1 is 1.11 bits per heavy atom. The van der Waals surface area contributed by atoms with Gasteiger partial charge in [0.2, 0.25) is 0 Å². The van der Waals surface area contributed by atoms with E-state index in [0.29, 0.717) is 41.6 Å². The minimum Gasteiger partial charge on any atom is -0.453 e. The van der Waals surface area contributed by atoms with Gasteiger partial charge in [0.25, 0.3) is 11.6 Å². The van der Waals surface area contributed by atoms with E-state index in [2.05, 4.69) is 10.3 Å². The van der Waals surface area contributed by atoms with Crippen molar-refractivity contribution < 1.29 is 14.1 Å². The number of non-ortho nitro benzene ring substituents is 1. The summed E-state index contributed by atoms with van der Waals surface area (Å²) in [6, 6.07) is 15.3. The lowest BCUT2D eigenvalue weighted by molar-refractivity contribution is -0.384. The highest BCUT2D eigenvalue weighted by Crippen LogP contribution is 2.33. The molecule has 8 nitrogen and oxygen atoms in total. The Morgan fingerprint density at radius 3 is 2.79 bits per heavy atom. The van der Waals surface area contributed by atoms with E-state index in [0.717, 1.165) is 11.0 Å². The minimum atomic E-state index is -0.437. The Balaban J connectivity index is 1.63. The number of imidazole rings is 1. The van der Waals surface area contributed by atoms with E-state index < -0.39 is 4.92 Å². The number of carbonyl (C=O) groups excluding carboxylic acids is 1. The molecule has 1 N–H and O–H groups in total. The van der Waals surface area contributed by atoms with E-state index in [4.69, 9.17) is 4.42 Å². The van der Waals surface area contributed by atoms with Crippen molar-refractivity contribution >= 4 is 22.6 Å². The summed E-state index contributed by atoms with van der Waals surface area (Å²) in [5.41, 5.74) is 2.70. The molecule has 2 aromatic carbocycles. The number of nitro groups is 1. The maximum atomic E-state index is 12.3. The lowest BCUT2D eigenvalue weighted by Gasteiger charge is -2.05. The monoisotopic (exact) mass is 374 g/mol. The van der Waals surface area contributed by atoms with Crippen molar-refractivity contribution in [2.45, 2.75) is 6.54 Å². The number of furan rings is 1. The molecule has 3 heterocycles. The second kappa shape index (κ2) is 6.05. The molecule has 1 aliphatic rings. The maximum absolute atomic E-state index is 12.3. The van der Waals surface area contributed by atoms with Crippen molar-refractivity contribution in [3.05, 3.63) is 70.3 Å². The van der Waals surface area contributed by atoms with Crippen LogP contribution in [-0.4, -0.2) is 26.9 Å². The highest BCUT2D eigenvalue weighted by Gasteiger charge is 2.23. The molecule has 2 aromatic heterocycles. The maximum Gasteiger partial charge on any atom is 0.270 e. The molecule has 0 spiro atoms. The fraction of sp³-hybridized carbons (Fsp3) is 0.100. The van der Waals surface area contributed by atoms with E-state index in [1.807, 2.05) is 10.6 Å². The first-order chi connectivity index (χ1) is 13.6. The number of carbonyl (C=O) groups is 1. The number of para-hydroxylation sites is 1. The molecule has 0 unspecified atom stereocenters. The number of benzene rings is 2. The van der Waals surface area contributed by atoms with Crippen LogP contribution in [0.3, 0.4) is 0 Å². The van der Waals surface area contributed by atoms with Crippen LogP contribution in [0.1, 0.15) is 10.4 Å². The molecule has 0 bridgehead atoms. The summed E-state index contributed by atoms with van der Waals surface area (Å²) in [5, 5.41) is 13.9. The molecule has 4 aromatic rings. The molecule has 1 aliphatic heterocycles. The number of hydrogen-bond donors (Lipinski definition) is 1. The van der Waals surface area contributed by atoms with Gasteiger partial charge < -0.3 is 14.3 Å². The summed E-state index contributed by atoms with van der Waals surface area (Å²) in [7, 11) is 0.